The zero-order chi connectivity index (χ0) is 14.3. The number of carbonyl (C=O) groups excluding carboxylic acids is 2. The van der Waals surface area contributed by atoms with Gasteiger partial charge in [0, 0.05) is 5.69 Å². The van der Waals surface area contributed by atoms with Crippen molar-refractivity contribution in [2.24, 2.45) is 0 Å². The van der Waals surface area contributed by atoms with Gasteiger partial charge in [-0.25, -0.2) is 14.8 Å². The van der Waals surface area contributed by atoms with Crippen molar-refractivity contribution < 1.29 is 9.59 Å². The molecule has 0 radical (unpaired) electrons. The lowest BCUT2D eigenvalue weighted by atomic mass is 9.98. The van der Waals surface area contributed by atoms with Crippen molar-refractivity contribution >= 4 is 23.5 Å². The van der Waals surface area contributed by atoms with Crippen LogP contribution < -0.4 is 5.32 Å². The van der Waals surface area contributed by atoms with E-state index in [2.05, 4.69) is 15.3 Å². The number of imide groups is 1. The molecule has 2 fully saturated rings. The molecule has 1 aliphatic carbocycles. The summed E-state index contributed by atoms with van der Waals surface area (Å²) in [6.07, 6.45) is 3.35. The van der Waals surface area contributed by atoms with Gasteiger partial charge in [-0.15, -0.1) is 0 Å². The van der Waals surface area contributed by atoms with E-state index in [1.54, 1.807) is 13.0 Å². The van der Waals surface area contributed by atoms with Gasteiger partial charge in [0.05, 0.1) is 6.54 Å². The molecule has 1 aromatic rings. The van der Waals surface area contributed by atoms with Gasteiger partial charge in [0.25, 0.3) is 5.91 Å². The fourth-order valence-electron chi connectivity index (χ4n) is 2.94. The van der Waals surface area contributed by atoms with Gasteiger partial charge in [0.15, 0.2) is 0 Å². The molecule has 0 unspecified atom stereocenters. The lowest BCUT2D eigenvalue weighted by Gasteiger charge is -2.19. The number of rotatable bonds is 2. The average Bonchev–Trinajstić information content (AvgIpc) is 2.90. The van der Waals surface area contributed by atoms with Gasteiger partial charge in [-0.2, -0.15) is 0 Å². The van der Waals surface area contributed by atoms with Gasteiger partial charge in [-0.1, -0.05) is 24.4 Å². The number of urea groups is 1. The van der Waals surface area contributed by atoms with Gasteiger partial charge in [-0.3, -0.25) is 9.69 Å². The smallest absolute Gasteiger partial charge is 0.323 e. The van der Waals surface area contributed by atoms with Crippen LogP contribution in [0.25, 0.3) is 0 Å². The number of nitrogens with zero attached hydrogens (tertiary/aromatic N) is 3. The maximum Gasteiger partial charge on any atom is 0.325 e. The summed E-state index contributed by atoms with van der Waals surface area (Å²) in [5, 5.41) is 3.14. The highest BCUT2D eigenvalue weighted by Gasteiger charge is 2.52. The molecular formula is C13H15ClN4O2. The third-order valence-corrected chi connectivity index (χ3v) is 4.07. The number of nitrogens with one attached hydrogen (secondary N) is 1. The van der Waals surface area contributed by atoms with Gasteiger partial charge in [0.2, 0.25) is 0 Å². The van der Waals surface area contributed by atoms with Crippen LogP contribution in [0.15, 0.2) is 6.07 Å². The summed E-state index contributed by atoms with van der Waals surface area (Å²) >= 11 is 5.87. The summed E-state index contributed by atoms with van der Waals surface area (Å²) < 4.78 is 0. The normalized spacial score (nSPS) is 20.8. The first-order chi connectivity index (χ1) is 9.50. The molecule has 1 aliphatic heterocycles. The number of hydrogen-bond donors (Lipinski definition) is 1. The predicted octanol–water partition coefficient (Wildman–Crippen LogP) is 1.80. The first-order valence-corrected chi connectivity index (χ1v) is 7.02. The topological polar surface area (TPSA) is 75.2 Å². The highest BCUT2D eigenvalue weighted by molar-refractivity contribution is 6.29. The highest BCUT2D eigenvalue weighted by Crippen LogP contribution is 2.35. The fraction of sp³-hybridized carbons (Fsp3) is 0.538. The van der Waals surface area contributed by atoms with E-state index in [4.69, 9.17) is 11.6 Å². The molecule has 0 bridgehead atoms. The van der Waals surface area contributed by atoms with Crippen LogP contribution >= 0.6 is 11.6 Å². The van der Waals surface area contributed by atoms with Crippen LogP contribution in [0.1, 0.15) is 37.2 Å². The Balaban J connectivity index is 1.84. The minimum atomic E-state index is -0.690. The van der Waals surface area contributed by atoms with Crippen LogP contribution in [0.5, 0.6) is 0 Å². The molecular weight excluding hydrogens is 280 g/mol. The number of aryl methyl sites for hydroxylation is 1. The zero-order valence-electron chi connectivity index (χ0n) is 11.1. The molecule has 20 heavy (non-hydrogen) atoms. The Morgan fingerprint density at radius 1 is 1.35 bits per heavy atom. The van der Waals surface area contributed by atoms with E-state index in [9.17, 15) is 9.59 Å². The van der Waals surface area contributed by atoms with Crippen LogP contribution in [0.4, 0.5) is 4.79 Å². The minimum Gasteiger partial charge on any atom is -0.323 e. The Morgan fingerprint density at radius 2 is 2.05 bits per heavy atom. The van der Waals surface area contributed by atoms with E-state index < -0.39 is 5.54 Å². The van der Waals surface area contributed by atoms with E-state index in [1.807, 2.05) is 0 Å². The van der Waals surface area contributed by atoms with Crippen LogP contribution in [-0.2, 0) is 11.3 Å². The lowest BCUT2D eigenvalue weighted by Crippen LogP contribution is -2.44. The van der Waals surface area contributed by atoms with Crippen molar-refractivity contribution in [3.8, 4) is 0 Å². The Kier molecular flexibility index (Phi) is 3.12. The maximum absolute atomic E-state index is 12.5. The SMILES string of the molecule is Cc1cc(Cl)nc(CN2C(=O)NC3(CCCC3)C2=O)n1. The summed E-state index contributed by atoms with van der Waals surface area (Å²) in [5.74, 6) is 0.217. The molecule has 1 spiro atoms. The van der Waals surface area contributed by atoms with Crippen LogP contribution in [-0.4, -0.2) is 32.3 Å². The molecule has 3 amide bonds. The summed E-state index contributed by atoms with van der Waals surface area (Å²) in [5.41, 5.74) is 0.0210. The molecule has 3 rings (SSSR count). The molecule has 7 heteroatoms. The van der Waals surface area contributed by atoms with Crippen molar-refractivity contribution in [1.29, 1.82) is 0 Å². The molecule has 1 saturated heterocycles. The van der Waals surface area contributed by atoms with Crippen molar-refractivity contribution in [3.05, 3.63) is 22.7 Å². The second-order valence-electron chi connectivity index (χ2n) is 5.36. The standard InChI is InChI=1S/C13H15ClN4O2/c1-8-6-9(14)16-10(15-8)7-18-11(19)13(17-12(18)20)4-2-3-5-13/h6H,2-5,7H2,1H3,(H,17,20). The number of aromatic nitrogens is 2. The van der Waals surface area contributed by atoms with Crippen LogP contribution in [0.2, 0.25) is 5.15 Å². The second kappa shape index (κ2) is 4.70. The largest absolute Gasteiger partial charge is 0.325 e. The highest BCUT2D eigenvalue weighted by atomic mass is 35.5. The summed E-state index contributed by atoms with van der Waals surface area (Å²) in [7, 11) is 0. The van der Waals surface area contributed by atoms with E-state index in [-0.39, 0.29) is 18.5 Å². The van der Waals surface area contributed by atoms with Crippen LogP contribution in [0.3, 0.4) is 0 Å². The number of amides is 3. The van der Waals surface area contributed by atoms with Crippen molar-refractivity contribution in [2.75, 3.05) is 0 Å². The number of carbonyl (C=O) groups is 2. The zero-order valence-corrected chi connectivity index (χ0v) is 11.9. The fourth-order valence-corrected chi connectivity index (χ4v) is 3.19. The van der Waals surface area contributed by atoms with Gasteiger partial charge >= 0.3 is 6.03 Å². The molecule has 0 aromatic carbocycles. The summed E-state index contributed by atoms with van der Waals surface area (Å²) in [4.78, 5) is 34.0. The number of halogens is 1. The van der Waals surface area contributed by atoms with Gasteiger partial charge in [0.1, 0.15) is 16.5 Å². The molecule has 1 saturated carbocycles. The van der Waals surface area contributed by atoms with E-state index in [0.717, 1.165) is 12.8 Å². The Morgan fingerprint density at radius 3 is 2.70 bits per heavy atom. The average molecular weight is 295 g/mol. The van der Waals surface area contributed by atoms with Crippen molar-refractivity contribution in [1.82, 2.24) is 20.2 Å². The van der Waals surface area contributed by atoms with E-state index >= 15 is 0 Å². The maximum atomic E-state index is 12.5. The Bertz CT molecular complexity index is 563. The predicted molar refractivity (Wildman–Crippen MR) is 72.1 cm³/mol. The quantitative estimate of drug-likeness (QED) is 0.667. The number of hydrogen-bond acceptors (Lipinski definition) is 4. The van der Waals surface area contributed by atoms with Crippen molar-refractivity contribution in [3.63, 3.8) is 0 Å². The lowest BCUT2D eigenvalue weighted by molar-refractivity contribution is -0.131. The first-order valence-electron chi connectivity index (χ1n) is 6.64. The Labute approximate surface area is 121 Å². The molecule has 1 aromatic heterocycles. The second-order valence-corrected chi connectivity index (χ2v) is 5.75. The molecule has 2 heterocycles. The third-order valence-electron chi connectivity index (χ3n) is 3.87. The Hall–Kier alpha value is -1.69. The van der Waals surface area contributed by atoms with E-state index in [1.165, 1.54) is 4.90 Å². The molecule has 0 atom stereocenters. The molecule has 2 aliphatic rings. The monoisotopic (exact) mass is 294 g/mol. The summed E-state index contributed by atoms with van der Waals surface area (Å²) in [6.45, 7) is 1.86. The van der Waals surface area contributed by atoms with Crippen LogP contribution in [0, 0.1) is 6.92 Å². The van der Waals surface area contributed by atoms with Gasteiger partial charge in [-0.05, 0) is 25.8 Å². The molecule has 1 N–H and O–H groups in total. The summed E-state index contributed by atoms with van der Waals surface area (Å²) in [6, 6.07) is 1.27. The molecule has 106 valence electrons. The van der Waals surface area contributed by atoms with Crippen molar-refractivity contribution in [2.45, 2.75) is 44.7 Å². The van der Waals surface area contributed by atoms with Gasteiger partial charge < -0.3 is 5.32 Å². The third kappa shape index (κ3) is 2.14. The minimum absolute atomic E-state index is 0.0633. The van der Waals surface area contributed by atoms with E-state index in [0.29, 0.717) is 29.5 Å². The first kappa shape index (κ1) is 13.3. The molecule has 6 nitrogen and oxygen atoms in total.